The van der Waals surface area contributed by atoms with Crippen LogP contribution in [0.2, 0.25) is 0 Å². The molecule has 0 spiro atoms. The molecule has 5 rings (SSSR count). The zero-order chi connectivity index (χ0) is 26.9. The summed E-state index contributed by atoms with van der Waals surface area (Å²) in [5, 5.41) is 0. The van der Waals surface area contributed by atoms with Crippen LogP contribution in [-0.2, 0) is 17.9 Å². The average molecular weight is 529 g/mol. The summed E-state index contributed by atoms with van der Waals surface area (Å²) in [6.07, 6.45) is 8.99. The van der Waals surface area contributed by atoms with Crippen molar-refractivity contribution in [3.63, 3.8) is 0 Å². The van der Waals surface area contributed by atoms with Crippen LogP contribution in [0.25, 0.3) is 6.08 Å². The summed E-state index contributed by atoms with van der Waals surface area (Å²) in [6.45, 7) is 8.19. The Labute approximate surface area is 230 Å². The van der Waals surface area contributed by atoms with Crippen LogP contribution in [0.5, 0.6) is 5.75 Å². The largest absolute Gasteiger partial charge is 0.493 e. The number of nitrogens with zero attached hydrogens (tertiary/aromatic N) is 4. The van der Waals surface area contributed by atoms with Gasteiger partial charge in [0, 0.05) is 76.7 Å². The number of ether oxygens (including phenoxy) is 1. The van der Waals surface area contributed by atoms with Crippen molar-refractivity contribution in [2.45, 2.75) is 25.9 Å². The summed E-state index contributed by atoms with van der Waals surface area (Å²) in [6, 6.07) is 18.8. The van der Waals surface area contributed by atoms with Crippen LogP contribution < -0.4 is 4.74 Å². The quantitative estimate of drug-likeness (QED) is 0.371. The SMILES string of the molecule is O=C(/C=C/c1cccc(F)c1)N1CCCC(COc2ccc(CN3CCN(Cc4cccnc4)CC3)cc2)C1. The van der Waals surface area contributed by atoms with Crippen molar-refractivity contribution in [1.29, 1.82) is 0 Å². The van der Waals surface area contributed by atoms with E-state index in [0.717, 1.165) is 64.4 Å². The van der Waals surface area contributed by atoms with Crippen LogP contribution in [0.4, 0.5) is 4.39 Å². The lowest BCUT2D eigenvalue weighted by molar-refractivity contribution is -0.127. The number of hydrogen-bond acceptors (Lipinski definition) is 5. The van der Waals surface area contributed by atoms with E-state index in [2.05, 4.69) is 45.1 Å². The van der Waals surface area contributed by atoms with Crippen LogP contribution in [0.3, 0.4) is 0 Å². The maximum Gasteiger partial charge on any atom is 0.246 e. The Morgan fingerprint density at radius 3 is 2.44 bits per heavy atom. The number of piperazine rings is 1. The molecule has 7 heteroatoms. The topological polar surface area (TPSA) is 48.9 Å². The van der Waals surface area contributed by atoms with Crippen LogP contribution in [0.1, 0.15) is 29.5 Å². The first-order chi connectivity index (χ1) is 19.1. The zero-order valence-electron chi connectivity index (χ0n) is 22.4. The third kappa shape index (κ3) is 8.22. The summed E-state index contributed by atoms with van der Waals surface area (Å²) in [5.41, 5.74) is 3.25. The maximum absolute atomic E-state index is 13.4. The number of carbonyl (C=O) groups excluding carboxylic acids is 1. The Bertz CT molecular complexity index is 1230. The number of aromatic nitrogens is 1. The van der Waals surface area contributed by atoms with Gasteiger partial charge in [0.05, 0.1) is 6.61 Å². The molecule has 2 aromatic carbocycles. The number of likely N-dealkylation sites (tertiary alicyclic amines) is 1. The number of amides is 1. The second kappa shape index (κ2) is 13.5. The van der Waals surface area contributed by atoms with E-state index in [-0.39, 0.29) is 11.7 Å². The van der Waals surface area contributed by atoms with Gasteiger partial charge in [-0.2, -0.15) is 0 Å². The van der Waals surface area contributed by atoms with Gasteiger partial charge in [-0.1, -0.05) is 30.3 Å². The standard InChI is InChI=1S/C32H37FN4O2/c33-30-7-1-4-26(20-30)10-13-32(38)37-15-3-6-29(24-37)25-39-31-11-8-27(9-12-31)22-35-16-18-36(19-17-35)23-28-5-2-14-34-21-28/h1-2,4-5,7-14,20-21,29H,3,6,15-19,22-25H2/b13-10+. The molecule has 2 fully saturated rings. The Kier molecular flexibility index (Phi) is 9.35. The fourth-order valence-corrected chi connectivity index (χ4v) is 5.30. The number of piperidine rings is 1. The van der Waals surface area contributed by atoms with Gasteiger partial charge < -0.3 is 9.64 Å². The molecule has 1 amide bonds. The zero-order valence-corrected chi connectivity index (χ0v) is 22.4. The molecule has 3 aromatic rings. The van der Waals surface area contributed by atoms with Crippen molar-refractivity contribution in [2.24, 2.45) is 5.92 Å². The molecule has 2 aliphatic rings. The molecule has 0 aliphatic carbocycles. The van der Waals surface area contributed by atoms with Crippen molar-refractivity contribution in [3.05, 3.63) is 102 Å². The molecule has 2 aliphatic heterocycles. The van der Waals surface area contributed by atoms with Gasteiger partial charge in [-0.15, -0.1) is 0 Å². The van der Waals surface area contributed by atoms with Gasteiger partial charge in [0.25, 0.3) is 0 Å². The minimum Gasteiger partial charge on any atom is -0.493 e. The Morgan fingerprint density at radius 2 is 1.72 bits per heavy atom. The predicted octanol–water partition coefficient (Wildman–Crippen LogP) is 4.87. The first-order valence-corrected chi connectivity index (χ1v) is 13.9. The van der Waals surface area contributed by atoms with Crippen molar-refractivity contribution < 1.29 is 13.9 Å². The summed E-state index contributed by atoms with van der Waals surface area (Å²) in [4.78, 5) is 23.8. The number of rotatable bonds is 9. The number of hydrogen-bond donors (Lipinski definition) is 0. The highest BCUT2D eigenvalue weighted by atomic mass is 19.1. The number of benzene rings is 2. The number of pyridine rings is 1. The highest BCUT2D eigenvalue weighted by Crippen LogP contribution is 2.21. The van der Waals surface area contributed by atoms with E-state index in [1.54, 1.807) is 18.2 Å². The molecule has 1 unspecified atom stereocenters. The van der Waals surface area contributed by atoms with E-state index >= 15 is 0 Å². The van der Waals surface area contributed by atoms with Crippen LogP contribution >= 0.6 is 0 Å². The van der Waals surface area contributed by atoms with Gasteiger partial charge in [-0.25, -0.2) is 4.39 Å². The van der Waals surface area contributed by atoms with E-state index in [1.807, 2.05) is 23.4 Å². The fourth-order valence-electron chi connectivity index (χ4n) is 5.30. The Balaban J connectivity index is 1.03. The molecule has 0 saturated carbocycles. The molecule has 3 heterocycles. The molecule has 6 nitrogen and oxygen atoms in total. The minimum atomic E-state index is -0.302. The number of carbonyl (C=O) groups is 1. The molecule has 2 saturated heterocycles. The third-order valence-electron chi connectivity index (χ3n) is 7.51. The lowest BCUT2D eigenvalue weighted by Gasteiger charge is -2.34. The molecule has 0 bridgehead atoms. The van der Waals surface area contributed by atoms with Gasteiger partial charge in [-0.3, -0.25) is 19.6 Å². The molecule has 39 heavy (non-hydrogen) atoms. The van der Waals surface area contributed by atoms with Crippen molar-refractivity contribution in [2.75, 3.05) is 45.9 Å². The Morgan fingerprint density at radius 1 is 0.949 bits per heavy atom. The van der Waals surface area contributed by atoms with Crippen molar-refractivity contribution in [3.8, 4) is 5.75 Å². The van der Waals surface area contributed by atoms with Gasteiger partial charge in [0.2, 0.25) is 5.91 Å². The van der Waals surface area contributed by atoms with Crippen LogP contribution in [0.15, 0.2) is 79.1 Å². The second-order valence-electron chi connectivity index (χ2n) is 10.5. The highest BCUT2D eigenvalue weighted by molar-refractivity contribution is 5.91. The van der Waals surface area contributed by atoms with Crippen molar-refractivity contribution in [1.82, 2.24) is 19.7 Å². The summed E-state index contributed by atoms with van der Waals surface area (Å²) >= 11 is 0. The summed E-state index contributed by atoms with van der Waals surface area (Å²) in [7, 11) is 0. The molecule has 0 N–H and O–H groups in total. The smallest absolute Gasteiger partial charge is 0.246 e. The normalized spacial score (nSPS) is 18.9. The minimum absolute atomic E-state index is 0.0359. The van der Waals surface area contributed by atoms with Gasteiger partial charge >= 0.3 is 0 Å². The summed E-state index contributed by atoms with van der Waals surface area (Å²) in [5.74, 6) is 0.830. The van der Waals surface area contributed by atoms with Gasteiger partial charge in [-0.05, 0) is 65.9 Å². The second-order valence-corrected chi connectivity index (χ2v) is 10.5. The van der Waals surface area contributed by atoms with Crippen molar-refractivity contribution >= 4 is 12.0 Å². The first kappa shape index (κ1) is 27.0. The lowest BCUT2D eigenvalue weighted by atomic mass is 9.99. The van der Waals surface area contributed by atoms with E-state index in [0.29, 0.717) is 24.6 Å². The first-order valence-electron chi connectivity index (χ1n) is 13.9. The number of halogens is 1. The molecule has 0 radical (unpaired) electrons. The van der Waals surface area contributed by atoms with Gasteiger partial charge in [0.15, 0.2) is 0 Å². The lowest BCUT2D eigenvalue weighted by Crippen LogP contribution is -2.45. The monoisotopic (exact) mass is 528 g/mol. The predicted molar refractivity (Wildman–Crippen MR) is 151 cm³/mol. The molecule has 204 valence electrons. The van der Waals surface area contributed by atoms with E-state index < -0.39 is 0 Å². The van der Waals surface area contributed by atoms with Gasteiger partial charge in [0.1, 0.15) is 11.6 Å². The van der Waals surface area contributed by atoms with E-state index in [9.17, 15) is 9.18 Å². The fraction of sp³-hybridized carbons (Fsp3) is 0.375. The van der Waals surface area contributed by atoms with Crippen LogP contribution in [-0.4, -0.2) is 71.5 Å². The van der Waals surface area contributed by atoms with Crippen LogP contribution in [0, 0.1) is 11.7 Å². The maximum atomic E-state index is 13.4. The van der Waals surface area contributed by atoms with E-state index in [1.165, 1.54) is 29.3 Å². The molecular formula is C32H37FN4O2. The average Bonchev–Trinajstić information content (AvgIpc) is 2.97. The summed E-state index contributed by atoms with van der Waals surface area (Å²) < 4.78 is 19.5. The molecule has 1 aromatic heterocycles. The van der Waals surface area contributed by atoms with E-state index in [4.69, 9.17) is 4.74 Å². The third-order valence-corrected chi connectivity index (χ3v) is 7.51. The molecule has 1 atom stereocenters. The molecular weight excluding hydrogens is 491 g/mol. The Hall–Kier alpha value is -3.55. The highest BCUT2D eigenvalue weighted by Gasteiger charge is 2.23.